The Labute approximate surface area is 132 Å². The molecule has 0 aromatic carbocycles. The highest BCUT2D eigenvalue weighted by Gasteiger charge is 2.26. The zero-order valence-electron chi connectivity index (χ0n) is 12.6. The molecule has 1 aliphatic rings. The van der Waals surface area contributed by atoms with Gasteiger partial charge in [-0.05, 0) is 36.8 Å². The lowest BCUT2D eigenvalue weighted by molar-refractivity contribution is 0.0671. The topological polar surface area (TPSA) is 98.9 Å². The van der Waals surface area contributed by atoms with Gasteiger partial charge in [0.15, 0.2) is 0 Å². The molecule has 120 valence electrons. The standard InChI is InChI=1S/C16H18N4O3/c21-14-13(9-18-16(23)19-14)15(22)20-6-2-4-12(10-20)7-11-3-1-5-17-8-11/h1,3,5,8-9,12H,2,4,6-7,10H2,(H2,18,19,21,23)/t12-/m0/s1. The summed E-state index contributed by atoms with van der Waals surface area (Å²) in [6.07, 6.45) is 7.57. The molecule has 0 spiro atoms. The molecule has 7 heteroatoms. The number of pyridine rings is 1. The van der Waals surface area contributed by atoms with E-state index < -0.39 is 11.2 Å². The number of aromatic amines is 2. The van der Waals surface area contributed by atoms with Gasteiger partial charge in [-0.25, -0.2) is 4.79 Å². The van der Waals surface area contributed by atoms with Gasteiger partial charge in [0.1, 0.15) is 5.56 Å². The molecule has 1 atom stereocenters. The van der Waals surface area contributed by atoms with Crippen LogP contribution in [0, 0.1) is 5.92 Å². The third-order valence-electron chi connectivity index (χ3n) is 4.10. The van der Waals surface area contributed by atoms with Gasteiger partial charge >= 0.3 is 5.69 Å². The second-order valence-electron chi connectivity index (χ2n) is 5.81. The molecule has 23 heavy (non-hydrogen) atoms. The van der Waals surface area contributed by atoms with Gasteiger partial charge in [-0.15, -0.1) is 0 Å². The van der Waals surface area contributed by atoms with Crippen LogP contribution in [-0.2, 0) is 6.42 Å². The third-order valence-corrected chi connectivity index (χ3v) is 4.10. The van der Waals surface area contributed by atoms with Crippen LogP contribution in [0.25, 0.3) is 0 Å². The number of hydrogen-bond acceptors (Lipinski definition) is 4. The highest BCUT2D eigenvalue weighted by Crippen LogP contribution is 2.21. The number of piperidine rings is 1. The van der Waals surface area contributed by atoms with Crippen molar-refractivity contribution in [1.82, 2.24) is 19.9 Å². The Hall–Kier alpha value is -2.70. The monoisotopic (exact) mass is 314 g/mol. The fraction of sp³-hybridized carbons (Fsp3) is 0.375. The minimum Gasteiger partial charge on any atom is -0.338 e. The number of likely N-dealkylation sites (tertiary alicyclic amines) is 1. The summed E-state index contributed by atoms with van der Waals surface area (Å²) in [5.41, 5.74) is -0.131. The highest BCUT2D eigenvalue weighted by molar-refractivity contribution is 5.93. The van der Waals surface area contributed by atoms with Gasteiger partial charge in [-0.1, -0.05) is 6.07 Å². The van der Waals surface area contributed by atoms with Crippen molar-refractivity contribution in [1.29, 1.82) is 0 Å². The smallest absolute Gasteiger partial charge is 0.325 e. The summed E-state index contributed by atoms with van der Waals surface area (Å²) < 4.78 is 0. The maximum atomic E-state index is 12.5. The Morgan fingerprint density at radius 2 is 2.26 bits per heavy atom. The Bertz CT molecular complexity index is 797. The molecule has 2 aromatic rings. The Kier molecular flexibility index (Phi) is 4.36. The van der Waals surface area contributed by atoms with Crippen LogP contribution in [-0.4, -0.2) is 38.8 Å². The molecule has 0 radical (unpaired) electrons. The molecule has 1 fully saturated rings. The third kappa shape index (κ3) is 3.56. The molecule has 3 heterocycles. The van der Waals surface area contributed by atoms with Crippen LogP contribution < -0.4 is 11.2 Å². The summed E-state index contributed by atoms with van der Waals surface area (Å²) >= 11 is 0. The number of nitrogens with zero attached hydrogens (tertiary/aromatic N) is 2. The predicted octanol–water partition coefficient (Wildman–Crippen LogP) is 0.553. The van der Waals surface area contributed by atoms with E-state index in [1.54, 1.807) is 11.1 Å². The van der Waals surface area contributed by atoms with Gasteiger partial charge in [-0.3, -0.25) is 19.6 Å². The quantitative estimate of drug-likeness (QED) is 0.864. The van der Waals surface area contributed by atoms with Crippen LogP contribution >= 0.6 is 0 Å². The number of carbonyl (C=O) groups is 1. The summed E-state index contributed by atoms with van der Waals surface area (Å²) in [5, 5.41) is 0. The van der Waals surface area contributed by atoms with Gasteiger partial charge in [0.2, 0.25) is 0 Å². The summed E-state index contributed by atoms with van der Waals surface area (Å²) in [6, 6.07) is 3.93. The van der Waals surface area contributed by atoms with Crippen LogP contribution in [0.2, 0.25) is 0 Å². The van der Waals surface area contributed by atoms with Gasteiger partial charge in [0, 0.05) is 31.7 Å². The van der Waals surface area contributed by atoms with E-state index >= 15 is 0 Å². The number of hydrogen-bond donors (Lipinski definition) is 2. The van der Waals surface area contributed by atoms with Crippen molar-refractivity contribution in [2.75, 3.05) is 13.1 Å². The van der Waals surface area contributed by atoms with Crippen LogP contribution in [0.1, 0.15) is 28.8 Å². The van der Waals surface area contributed by atoms with Crippen molar-refractivity contribution < 1.29 is 4.79 Å². The van der Waals surface area contributed by atoms with Crippen molar-refractivity contribution in [3.63, 3.8) is 0 Å². The molecule has 0 saturated carbocycles. The molecule has 0 aliphatic carbocycles. The van der Waals surface area contributed by atoms with E-state index in [2.05, 4.69) is 15.0 Å². The first-order valence-corrected chi connectivity index (χ1v) is 7.63. The molecule has 7 nitrogen and oxygen atoms in total. The predicted molar refractivity (Wildman–Crippen MR) is 84.3 cm³/mol. The van der Waals surface area contributed by atoms with Crippen LogP contribution in [0.5, 0.6) is 0 Å². The van der Waals surface area contributed by atoms with Crippen molar-refractivity contribution in [3.8, 4) is 0 Å². The Balaban J connectivity index is 1.71. The van der Waals surface area contributed by atoms with E-state index in [4.69, 9.17) is 0 Å². The maximum Gasteiger partial charge on any atom is 0.325 e. The van der Waals surface area contributed by atoms with E-state index in [1.807, 2.05) is 18.3 Å². The maximum absolute atomic E-state index is 12.5. The number of rotatable bonds is 3. The van der Waals surface area contributed by atoms with Gasteiger partial charge in [0.25, 0.3) is 11.5 Å². The second kappa shape index (κ2) is 6.60. The largest absolute Gasteiger partial charge is 0.338 e. The first-order valence-electron chi connectivity index (χ1n) is 7.63. The van der Waals surface area contributed by atoms with E-state index in [0.29, 0.717) is 19.0 Å². The molecule has 0 bridgehead atoms. The van der Waals surface area contributed by atoms with E-state index in [9.17, 15) is 14.4 Å². The molecule has 1 amide bonds. The average molecular weight is 314 g/mol. The number of amides is 1. The first kappa shape index (κ1) is 15.2. The van der Waals surface area contributed by atoms with Gasteiger partial charge < -0.3 is 9.88 Å². The van der Waals surface area contributed by atoms with Crippen molar-refractivity contribution in [2.24, 2.45) is 5.92 Å². The number of aromatic nitrogens is 3. The summed E-state index contributed by atoms with van der Waals surface area (Å²) in [7, 11) is 0. The average Bonchev–Trinajstić information content (AvgIpc) is 2.55. The fourth-order valence-corrected chi connectivity index (χ4v) is 3.01. The molecule has 2 aromatic heterocycles. The molecule has 1 aliphatic heterocycles. The van der Waals surface area contributed by atoms with Crippen LogP contribution in [0.4, 0.5) is 0 Å². The van der Waals surface area contributed by atoms with Crippen LogP contribution in [0.3, 0.4) is 0 Å². The van der Waals surface area contributed by atoms with Crippen molar-refractivity contribution in [3.05, 3.63) is 62.7 Å². The van der Waals surface area contributed by atoms with Gasteiger partial charge in [-0.2, -0.15) is 0 Å². The van der Waals surface area contributed by atoms with E-state index in [1.165, 1.54) is 6.20 Å². The molecular formula is C16H18N4O3. The Morgan fingerprint density at radius 3 is 3.00 bits per heavy atom. The minimum absolute atomic E-state index is 0.0216. The summed E-state index contributed by atoms with van der Waals surface area (Å²) in [5.74, 6) is 0.0112. The molecule has 1 saturated heterocycles. The molecule has 0 unspecified atom stereocenters. The molecule has 2 N–H and O–H groups in total. The first-order chi connectivity index (χ1) is 11.1. The highest BCUT2D eigenvalue weighted by atomic mass is 16.2. The lowest BCUT2D eigenvalue weighted by Gasteiger charge is -2.32. The second-order valence-corrected chi connectivity index (χ2v) is 5.81. The SMILES string of the molecule is O=C(c1c[nH]c(=O)[nH]c1=O)N1CCC[C@@H](Cc2cccnc2)C1. The zero-order chi connectivity index (χ0) is 16.2. The Morgan fingerprint density at radius 1 is 1.39 bits per heavy atom. The fourth-order valence-electron chi connectivity index (χ4n) is 3.01. The number of nitrogens with one attached hydrogen (secondary N) is 2. The lowest BCUT2D eigenvalue weighted by Crippen LogP contribution is -2.43. The lowest BCUT2D eigenvalue weighted by atomic mass is 9.91. The van der Waals surface area contributed by atoms with Crippen molar-refractivity contribution in [2.45, 2.75) is 19.3 Å². The number of carbonyl (C=O) groups excluding carboxylic acids is 1. The van der Waals surface area contributed by atoms with Crippen LogP contribution in [0.15, 0.2) is 40.3 Å². The van der Waals surface area contributed by atoms with E-state index in [0.717, 1.165) is 24.8 Å². The summed E-state index contributed by atoms with van der Waals surface area (Å²) in [6.45, 7) is 1.23. The molecular weight excluding hydrogens is 296 g/mol. The zero-order valence-corrected chi connectivity index (χ0v) is 12.6. The molecule has 3 rings (SSSR count). The normalized spacial score (nSPS) is 17.9. The van der Waals surface area contributed by atoms with Crippen molar-refractivity contribution >= 4 is 5.91 Å². The minimum atomic E-state index is -0.645. The van der Waals surface area contributed by atoms with Gasteiger partial charge in [0.05, 0.1) is 0 Å². The number of H-pyrrole nitrogens is 2. The van der Waals surface area contributed by atoms with E-state index in [-0.39, 0.29) is 11.5 Å². The summed E-state index contributed by atoms with van der Waals surface area (Å²) in [4.78, 5) is 45.6.